The third-order valence-corrected chi connectivity index (χ3v) is 12.3. The van der Waals surface area contributed by atoms with E-state index in [4.69, 9.17) is 19.9 Å². The first-order valence-electron chi connectivity index (χ1n) is 21.4. The van der Waals surface area contributed by atoms with Crippen molar-refractivity contribution >= 4 is 66.8 Å². The number of nitrogens with zero attached hydrogens (tertiary/aromatic N) is 7. The van der Waals surface area contributed by atoms with Crippen LogP contribution in [0.1, 0.15) is 18.2 Å². The Kier molecular flexibility index (Phi) is 8.72. The molecule has 0 aliphatic carbocycles. The van der Waals surface area contributed by atoms with Crippen molar-refractivity contribution in [1.29, 1.82) is 0 Å². The van der Waals surface area contributed by atoms with Gasteiger partial charge in [0.15, 0.2) is 0 Å². The van der Waals surface area contributed by atoms with Crippen LogP contribution < -0.4 is 0 Å². The number of hydrogen-bond donors (Lipinski definition) is 0. The summed E-state index contributed by atoms with van der Waals surface area (Å²) in [5, 5.41) is 4.49. The maximum atomic E-state index is 5.38. The van der Waals surface area contributed by atoms with E-state index in [0.29, 0.717) is 5.95 Å². The van der Waals surface area contributed by atoms with E-state index < -0.39 is 0 Å². The Morgan fingerprint density at radius 3 is 1.80 bits per heavy atom. The number of para-hydroxylation sites is 2. The summed E-state index contributed by atoms with van der Waals surface area (Å²) in [6.45, 7) is 6.29. The summed E-state index contributed by atoms with van der Waals surface area (Å²) in [5.41, 5.74) is 15.4. The van der Waals surface area contributed by atoms with Gasteiger partial charge in [-0.25, -0.2) is 15.0 Å². The fraction of sp³-hybridized carbons (Fsp3) is 0.0175. The van der Waals surface area contributed by atoms with Crippen molar-refractivity contribution in [2.45, 2.75) is 6.92 Å². The topological polar surface area (TPSA) is 66.3 Å². The predicted octanol–water partition coefficient (Wildman–Crippen LogP) is 14.1. The van der Waals surface area contributed by atoms with E-state index >= 15 is 0 Å². The highest BCUT2D eigenvalue weighted by molar-refractivity contribution is 6.11. The smallest absolute Gasteiger partial charge is 0.234 e. The number of rotatable bonds is 8. The molecule has 6 aromatic carbocycles. The predicted molar refractivity (Wildman–Crippen MR) is 264 cm³/mol. The molecule has 0 fully saturated rings. The molecule has 7 heteroatoms. The van der Waals surface area contributed by atoms with Crippen LogP contribution in [0.5, 0.6) is 0 Å². The number of aromatic nitrogens is 7. The molecule has 0 bridgehead atoms. The molecule has 6 aromatic heterocycles. The second-order valence-corrected chi connectivity index (χ2v) is 16.0. The van der Waals surface area contributed by atoms with Gasteiger partial charge in [-0.15, -0.1) is 0 Å². The zero-order valence-electron chi connectivity index (χ0n) is 35.0. The van der Waals surface area contributed by atoms with Crippen LogP contribution in [0.25, 0.3) is 118 Å². The lowest BCUT2D eigenvalue weighted by Crippen LogP contribution is -2.05. The molecule has 64 heavy (non-hydrogen) atoms. The van der Waals surface area contributed by atoms with E-state index in [0.717, 1.165) is 106 Å². The Bertz CT molecular complexity index is 3690. The van der Waals surface area contributed by atoms with Gasteiger partial charge in [-0.3, -0.25) is 14.1 Å². The van der Waals surface area contributed by atoms with E-state index in [1.807, 2.05) is 49.8 Å². The van der Waals surface area contributed by atoms with Gasteiger partial charge in [0, 0.05) is 38.9 Å². The van der Waals surface area contributed by atoms with Crippen LogP contribution in [0.4, 0.5) is 0 Å². The number of pyridine rings is 2. The summed E-state index contributed by atoms with van der Waals surface area (Å²) in [6.07, 6.45) is 11.7. The highest BCUT2D eigenvalue weighted by atomic mass is 15.2. The van der Waals surface area contributed by atoms with Crippen molar-refractivity contribution in [2.75, 3.05) is 0 Å². The minimum absolute atomic E-state index is 0.570. The van der Waals surface area contributed by atoms with Crippen LogP contribution >= 0.6 is 0 Å². The molecule has 0 saturated heterocycles. The fourth-order valence-corrected chi connectivity index (χ4v) is 9.45. The van der Waals surface area contributed by atoms with Crippen molar-refractivity contribution in [3.05, 3.63) is 212 Å². The van der Waals surface area contributed by atoms with Gasteiger partial charge in [0.05, 0.1) is 62.6 Å². The van der Waals surface area contributed by atoms with Crippen LogP contribution in [0.2, 0.25) is 0 Å². The van der Waals surface area contributed by atoms with E-state index in [9.17, 15) is 0 Å². The number of allylic oxidation sites excluding steroid dienone is 1. The molecule has 0 amide bonds. The number of hydrogen-bond acceptors (Lipinski definition) is 4. The minimum atomic E-state index is 0.570. The summed E-state index contributed by atoms with van der Waals surface area (Å²) >= 11 is 0. The molecule has 0 aliphatic rings. The molecular formula is C57H39N7. The molecule has 0 N–H and O–H groups in total. The van der Waals surface area contributed by atoms with E-state index in [1.165, 1.54) is 5.39 Å². The van der Waals surface area contributed by atoms with Crippen molar-refractivity contribution in [2.24, 2.45) is 0 Å². The van der Waals surface area contributed by atoms with Crippen LogP contribution in [0.3, 0.4) is 0 Å². The molecule has 6 heterocycles. The first kappa shape index (κ1) is 37.1. The van der Waals surface area contributed by atoms with Crippen molar-refractivity contribution in [1.82, 2.24) is 33.6 Å². The maximum absolute atomic E-state index is 5.38. The van der Waals surface area contributed by atoms with Gasteiger partial charge >= 0.3 is 0 Å². The molecule has 12 aromatic rings. The zero-order valence-corrected chi connectivity index (χ0v) is 35.0. The molecule has 0 unspecified atom stereocenters. The van der Waals surface area contributed by atoms with Gasteiger partial charge in [-0.05, 0) is 83.8 Å². The third-order valence-electron chi connectivity index (χ3n) is 12.3. The quantitative estimate of drug-likeness (QED) is 0.153. The molecule has 7 nitrogen and oxygen atoms in total. The van der Waals surface area contributed by atoms with E-state index in [-0.39, 0.29) is 0 Å². The molecule has 0 atom stereocenters. The SMILES string of the molecule is C=Cc1c(/C=C\C)n(-c2ncc(-n3c4ccccc4c4ncccc43)cn2)c2cc(-c3ccc4c5ccccc5n(-c5cc(-c6ccccc6)cc(-c6ccccc6)n5)c4c3)ccc12. The second-order valence-electron chi connectivity index (χ2n) is 16.0. The summed E-state index contributed by atoms with van der Waals surface area (Å²) in [4.78, 5) is 20.2. The van der Waals surface area contributed by atoms with Gasteiger partial charge in [0.25, 0.3) is 0 Å². The van der Waals surface area contributed by atoms with E-state index in [1.54, 1.807) is 0 Å². The van der Waals surface area contributed by atoms with E-state index in [2.05, 4.69) is 184 Å². The summed E-state index contributed by atoms with van der Waals surface area (Å²) in [6, 6.07) is 59.8. The normalized spacial score (nSPS) is 11.8. The Balaban J connectivity index is 1.03. The van der Waals surface area contributed by atoms with Crippen molar-refractivity contribution in [3.63, 3.8) is 0 Å². The van der Waals surface area contributed by atoms with Crippen LogP contribution in [-0.4, -0.2) is 33.6 Å². The Morgan fingerprint density at radius 2 is 1.08 bits per heavy atom. The zero-order chi connectivity index (χ0) is 42.7. The maximum Gasteiger partial charge on any atom is 0.234 e. The van der Waals surface area contributed by atoms with Gasteiger partial charge in [0.2, 0.25) is 5.95 Å². The lowest BCUT2D eigenvalue weighted by Gasteiger charge is -2.13. The Morgan fingerprint density at radius 1 is 0.469 bits per heavy atom. The van der Waals surface area contributed by atoms with Crippen LogP contribution in [-0.2, 0) is 0 Å². The lowest BCUT2D eigenvalue weighted by atomic mass is 10.0. The highest BCUT2D eigenvalue weighted by Crippen LogP contribution is 2.39. The summed E-state index contributed by atoms with van der Waals surface area (Å²) in [7, 11) is 0. The van der Waals surface area contributed by atoms with Gasteiger partial charge < -0.3 is 4.57 Å². The first-order chi connectivity index (χ1) is 31.7. The van der Waals surface area contributed by atoms with Crippen LogP contribution in [0.15, 0.2) is 201 Å². The summed E-state index contributed by atoms with van der Waals surface area (Å²) in [5.74, 6) is 1.43. The molecular weight excluding hydrogens is 783 g/mol. The van der Waals surface area contributed by atoms with Crippen molar-refractivity contribution < 1.29 is 0 Å². The minimum Gasteiger partial charge on any atom is -0.305 e. The summed E-state index contributed by atoms with van der Waals surface area (Å²) < 4.78 is 6.64. The first-order valence-corrected chi connectivity index (χ1v) is 21.4. The third kappa shape index (κ3) is 5.90. The lowest BCUT2D eigenvalue weighted by molar-refractivity contribution is 0.937. The second kappa shape index (κ2) is 15.0. The average Bonchev–Trinajstić information content (AvgIpc) is 3.99. The van der Waals surface area contributed by atoms with Gasteiger partial charge in [-0.1, -0.05) is 140 Å². The number of fused-ring (bicyclic) bond motifs is 7. The standard InChI is InChI=1S/C57H39N7/c1-3-16-49-43(4-2)45-28-26-40(33-54(45)64(49)57-59-35-42(36-60-57)62-51-24-14-12-22-47(51)56-52(62)25-15-30-58-56)39-27-29-46-44-21-11-13-23-50(44)63(53(46)32-39)55-34-41(37-17-7-5-8-18-37)31-48(61-55)38-19-9-6-10-20-38/h3-36H,2H2,1H3/b16-3-. The average molecular weight is 822 g/mol. The molecule has 12 rings (SSSR count). The Labute approximate surface area is 369 Å². The van der Waals surface area contributed by atoms with Crippen LogP contribution in [0, 0.1) is 0 Å². The van der Waals surface area contributed by atoms with Gasteiger partial charge in [0.1, 0.15) is 5.82 Å². The molecule has 0 radical (unpaired) electrons. The van der Waals surface area contributed by atoms with Crippen molar-refractivity contribution in [3.8, 4) is 51.0 Å². The molecule has 0 aliphatic heterocycles. The molecule has 302 valence electrons. The molecule has 0 spiro atoms. The number of benzene rings is 6. The monoisotopic (exact) mass is 821 g/mol. The largest absolute Gasteiger partial charge is 0.305 e. The Hall–Kier alpha value is -8.68. The highest BCUT2D eigenvalue weighted by Gasteiger charge is 2.21. The van der Waals surface area contributed by atoms with Gasteiger partial charge in [-0.2, -0.15) is 0 Å². The molecule has 0 saturated carbocycles. The fourth-order valence-electron chi connectivity index (χ4n) is 9.45.